The second kappa shape index (κ2) is 7.65. The van der Waals surface area contributed by atoms with Crippen LogP contribution >= 0.6 is 0 Å². The van der Waals surface area contributed by atoms with Gasteiger partial charge >= 0.3 is 0 Å². The largest absolute Gasteiger partial charge is 0.497 e. The topological polar surface area (TPSA) is 92.8 Å². The van der Waals surface area contributed by atoms with E-state index >= 15 is 0 Å². The van der Waals surface area contributed by atoms with Crippen molar-refractivity contribution < 1.29 is 22.7 Å². The first-order valence-electron chi connectivity index (χ1n) is 8.49. The van der Waals surface area contributed by atoms with Crippen LogP contribution in [0.3, 0.4) is 0 Å². The zero-order valence-corrected chi connectivity index (χ0v) is 16.4. The highest BCUT2D eigenvalue weighted by Gasteiger charge is 2.39. The zero-order valence-electron chi connectivity index (χ0n) is 15.6. The molecule has 1 aliphatic rings. The Balaban J connectivity index is 1.89. The molecule has 2 rings (SSSR count). The number of hydrogen-bond donors (Lipinski definition) is 1. The van der Waals surface area contributed by atoms with Gasteiger partial charge in [-0.3, -0.25) is 9.59 Å². The number of carbonyl (C=O) groups is 2. The Morgan fingerprint density at radius 1 is 1.27 bits per heavy atom. The monoisotopic (exact) mass is 382 g/mol. The Morgan fingerprint density at radius 3 is 2.38 bits per heavy atom. The van der Waals surface area contributed by atoms with E-state index in [4.69, 9.17) is 4.74 Å². The van der Waals surface area contributed by atoms with Crippen LogP contribution in [-0.2, 0) is 19.4 Å². The van der Waals surface area contributed by atoms with Gasteiger partial charge in [-0.05, 0) is 45.0 Å². The van der Waals surface area contributed by atoms with Crippen molar-refractivity contribution >= 4 is 21.7 Å². The minimum absolute atomic E-state index is 0.00735. The van der Waals surface area contributed by atoms with Gasteiger partial charge in [0.1, 0.15) is 5.75 Å². The van der Waals surface area contributed by atoms with Gasteiger partial charge in [-0.1, -0.05) is 0 Å². The van der Waals surface area contributed by atoms with Crippen LogP contribution in [0.4, 0.5) is 0 Å². The maximum Gasteiger partial charge on any atom is 0.225 e. The molecule has 26 heavy (non-hydrogen) atoms. The third-order valence-corrected chi connectivity index (χ3v) is 6.13. The maximum absolute atomic E-state index is 12.3. The van der Waals surface area contributed by atoms with Crippen LogP contribution in [0.15, 0.2) is 29.2 Å². The van der Waals surface area contributed by atoms with Crippen molar-refractivity contribution in [2.75, 3.05) is 26.0 Å². The Bertz CT molecular complexity index is 766. The minimum atomic E-state index is -3.50. The summed E-state index contributed by atoms with van der Waals surface area (Å²) < 4.78 is 29.6. The van der Waals surface area contributed by atoms with Gasteiger partial charge in [0.05, 0.1) is 23.7 Å². The van der Waals surface area contributed by atoms with Crippen molar-refractivity contribution in [3.8, 4) is 5.75 Å². The number of benzene rings is 1. The lowest BCUT2D eigenvalue weighted by molar-refractivity contribution is -0.132. The van der Waals surface area contributed by atoms with E-state index in [0.29, 0.717) is 12.3 Å². The van der Waals surface area contributed by atoms with Gasteiger partial charge in [0.15, 0.2) is 9.84 Å². The summed E-state index contributed by atoms with van der Waals surface area (Å²) in [5, 5.41) is 2.64. The van der Waals surface area contributed by atoms with Crippen molar-refractivity contribution in [3.63, 3.8) is 0 Å². The van der Waals surface area contributed by atoms with Gasteiger partial charge in [0, 0.05) is 25.0 Å². The highest BCUT2D eigenvalue weighted by molar-refractivity contribution is 7.91. The lowest BCUT2D eigenvalue weighted by Crippen LogP contribution is -2.43. The molecule has 1 aromatic carbocycles. The zero-order chi connectivity index (χ0) is 19.5. The van der Waals surface area contributed by atoms with Crippen LogP contribution in [-0.4, -0.2) is 56.6 Å². The molecule has 1 heterocycles. The van der Waals surface area contributed by atoms with Crippen LogP contribution in [0.25, 0.3) is 0 Å². The number of nitrogens with one attached hydrogen (secondary N) is 1. The van der Waals surface area contributed by atoms with Crippen molar-refractivity contribution in [1.29, 1.82) is 0 Å². The van der Waals surface area contributed by atoms with Gasteiger partial charge < -0.3 is 15.0 Å². The molecule has 8 heteroatoms. The predicted octanol–water partition coefficient (Wildman–Crippen LogP) is 1.23. The molecule has 2 amide bonds. The quantitative estimate of drug-likeness (QED) is 0.799. The fraction of sp³-hybridized carbons (Fsp3) is 0.556. The van der Waals surface area contributed by atoms with Crippen LogP contribution < -0.4 is 10.1 Å². The van der Waals surface area contributed by atoms with E-state index < -0.39 is 15.8 Å². The second-order valence-electron chi connectivity index (χ2n) is 7.36. The average molecular weight is 382 g/mol. The third kappa shape index (κ3) is 4.75. The first-order chi connectivity index (χ1) is 12.0. The van der Waals surface area contributed by atoms with Gasteiger partial charge in [-0.25, -0.2) is 8.42 Å². The van der Waals surface area contributed by atoms with Crippen LogP contribution in [0.5, 0.6) is 5.75 Å². The molecule has 0 radical (unpaired) electrons. The van der Waals surface area contributed by atoms with Crippen LogP contribution in [0.2, 0.25) is 0 Å². The molecule has 1 N–H and O–H groups in total. The average Bonchev–Trinajstić information content (AvgIpc) is 2.97. The Kier molecular flexibility index (Phi) is 5.95. The smallest absolute Gasteiger partial charge is 0.225 e. The summed E-state index contributed by atoms with van der Waals surface area (Å²) >= 11 is 0. The highest BCUT2D eigenvalue weighted by atomic mass is 32.2. The molecule has 144 valence electrons. The van der Waals surface area contributed by atoms with Crippen molar-refractivity contribution in [3.05, 3.63) is 24.3 Å². The lowest BCUT2D eigenvalue weighted by atomic mass is 10.1. The first-order valence-corrected chi connectivity index (χ1v) is 10.1. The number of carbonyl (C=O) groups excluding carboxylic acids is 2. The molecule has 1 saturated heterocycles. The fourth-order valence-corrected chi connectivity index (χ4v) is 4.04. The molecule has 0 saturated carbocycles. The summed E-state index contributed by atoms with van der Waals surface area (Å²) in [5.41, 5.74) is -0.330. The third-order valence-electron chi connectivity index (χ3n) is 4.39. The van der Waals surface area contributed by atoms with E-state index in [2.05, 4.69) is 5.32 Å². The Morgan fingerprint density at radius 2 is 1.88 bits per heavy atom. The van der Waals surface area contributed by atoms with Crippen LogP contribution in [0, 0.1) is 5.92 Å². The summed E-state index contributed by atoms with van der Waals surface area (Å²) in [5.74, 6) is -0.398. The van der Waals surface area contributed by atoms with E-state index in [-0.39, 0.29) is 41.0 Å². The number of sulfone groups is 1. The highest BCUT2D eigenvalue weighted by Crippen LogP contribution is 2.25. The molecule has 0 bridgehead atoms. The molecule has 0 spiro atoms. The van der Waals surface area contributed by atoms with Gasteiger partial charge in [-0.15, -0.1) is 0 Å². The van der Waals surface area contributed by atoms with Gasteiger partial charge in [0.25, 0.3) is 0 Å². The number of rotatable bonds is 6. The number of amides is 2. The molecule has 1 unspecified atom stereocenters. The molecule has 1 fully saturated rings. The number of nitrogens with zero attached hydrogens (tertiary/aromatic N) is 1. The summed E-state index contributed by atoms with van der Waals surface area (Å²) in [6.07, 6.45) is 0.161. The number of likely N-dealkylation sites (tertiary alicyclic amines) is 1. The molecule has 7 nitrogen and oxygen atoms in total. The van der Waals surface area contributed by atoms with Crippen molar-refractivity contribution in [2.45, 2.75) is 37.6 Å². The molecule has 1 aliphatic heterocycles. The molecule has 1 aromatic rings. The Hall–Kier alpha value is -2.09. The lowest BCUT2D eigenvalue weighted by Gasteiger charge is -2.31. The van der Waals surface area contributed by atoms with Crippen molar-refractivity contribution in [1.82, 2.24) is 10.2 Å². The van der Waals surface area contributed by atoms with Crippen LogP contribution in [0.1, 0.15) is 27.2 Å². The summed E-state index contributed by atoms with van der Waals surface area (Å²) in [7, 11) is -1.99. The standard InChI is InChI=1S/C18H26N2O5S/c1-18(2,3)20-12-13(11-16(20)21)17(22)19-9-10-26(23,24)15-7-5-14(25-4)6-8-15/h5-8,13H,9-12H2,1-4H3,(H,19,22). The molecule has 0 aromatic heterocycles. The summed E-state index contributed by atoms with van der Waals surface area (Å²) in [6.45, 7) is 6.14. The predicted molar refractivity (Wildman–Crippen MR) is 97.6 cm³/mol. The maximum atomic E-state index is 12.3. The molecule has 0 aliphatic carbocycles. The SMILES string of the molecule is COc1ccc(S(=O)(=O)CCNC(=O)C2CC(=O)N(C(C)(C)C)C2)cc1. The first kappa shape index (κ1) is 20.2. The van der Waals surface area contributed by atoms with Gasteiger partial charge in [0.2, 0.25) is 11.8 Å². The van der Waals surface area contributed by atoms with E-state index in [1.165, 1.54) is 19.2 Å². The van der Waals surface area contributed by atoms with E-state index in [0.717, 1.165) is 0 Å². The van der Waals surface area contributed by atoms with E-state index in [1.54, 1.807) is 17.0 Å². The molecular weight excluding hydrogens is 356 g/mol. The van der Waals surface area contributed by atoms with Gasteiger partial charge in [-0.2, -0.15) is 0 Å². The fourth-order valence-electron chi connectivity index (χ4n) is 2.89. The summed E-state index contributed by atoms with van der Waals surface area (Å²) in [6, 6.07) is 6.12. The number of hydrogen-bond acceptors (Lipinski definition) is 5. The summed E-state index contributed by atoms with van der Waals surface area (Å²) in [4.78, 5) is 26.2. The minimum Gasteiger partial charge on any atom is -0.497 e. The number of ether oxygens (including phenoxy) is 1. The molecule has 1 atom stereocenters. The second-order valence-corrected chi connectivity index (χ2v) is 9.47. The Labute approximate surface area is 154 Å². The van der Waals surface area contributed by atoms with Crippen molar-refractivity contribution in [2.24, 2.45) is 5.92 Å². The number of methoxy groups -OCH3 is 1. The molecular formula is C18H26N2O5S. The van der Waals surface area contributed by atoms with E-state index in [1.807, 2.05) is 20.8 Å². The normalized spacial score (nSPS) is 18.1. The van der Waals surface area contributed by atoms with E-state index in [9.17, 15) is 18.0 Å².